The number of carbonyl (C=O) groups is 2. The van der Waals surface area contributed by atoms with Gasteiger partial charge in [-0.1, -0.05) is 12.1 Å². The van der Waals surface area contributed by atoms with E-state index in [4.69, 9.17) is 5.73 Å². The minimum atomic E-state index is -0.797. The Bertz CT molecular complexity index is 690. The van der Waals surface area contributed by atoms with Crippen molar-refractivity contribution in [3.8, 4) is 0 Å². The normalized spacial score (nSPS) is 21.6. The van der Waals surface area contributed by atoms with E-state index >= 15 is 0 Å². The monoisotopic (exact) mass is 379 g/mol. The van der Waals surface area contributed by atoms with Gasteiger partial charge in [0.1, 0.15) is 0 Å². The number of carbonyl (C=O) groups excluding carboxylic acids is 2. The maximum absolute atomic E-state index is 13.8. The van der Waals surface area contributed by atoms with Gasteiger partial charge in [0, 0.05) is 38.0 Å². The fraction of sp³-hybridized carbons (Fsp3) is 0.600. The Balaban J connectivity index is 1.45. The molecule has 2 amide bonds. The van der Waals surface area contributed by atoms with E-state index in [1.54, 1.807) is 12.1 Å². The van der Waals surface area contributed by atoms with Gasteiger partial charge in [0.15, 0.2) is 11.6 Å². The molecule has 2 saturated heterocycles. The van der Waals surface area contributed by atoms with Gasteiger partial charge in [0.25, 0.3) is 0 Å². The highest BCUT2D eigenvalue weighted by molar-refractivity contribution is 5.83. The Morgan fingerprint density at radius 3 is 2.44 bits per heavy atom. The average Bonchev–Trinajstić information content (AvgIpc) is 3.14. The van der Waals surface area contributed by atoms with E-state index in [1.165, 1.54) is 0 Å². The summed E-state index contributed by atoms with van der Waals surface area (Å²) in [4.78, 5) is 27.0. The minimum Gasteiger partial charge on any atom is -0.370 e. The second-order valence-corrected chi connectivity index (χ2v) is 7.68. The van der Waals surface area contributed by atoms with E-state index in [2.05, 4.69) is 4.90 Å². The second kappa shape index (κ2) is 8.78. The molecular formula is C20H27F2N3O2. The van der Waals surface area contributed by atoms with Crippen LogP contribution in [0.1, 0.15) is 37.7 Å². The molecule has 0 aliphatic carbocycles. The molecule has 1 aromatic rings. The van der Waals surface area contributed by atoms with E-state index in [9.17, 15) is 18.4 Å². The summed E-state index contributed by atoms with van der Waals surface area (Å²) < 4.78 is 27.2. The van der Waals surface area contributed by atoms with Crippen LogP contribution in [-0.4, -0.2) is 47.8 Å². The summed E-state index contributed by atoms with van der Waals surface area (Å²) in [6.45, 7) is 3.63. The van der Waals surface area contributed by atoms with Crippen LogP contribution in [0, 0.1) is 23.5 Å². The number of hydrogen-bond donors (Lipinski definition) is 1. The SMILES string of the molecule is NC(=O)CCC(=O)N1CCC(C2CCN(Cc3cccc(F)c3F)CC2)C1. The first-order chi connectivity index (χ1) is 12.9. The van der Waals surface area contributed by atoms with E-state index in [1.807, 2.05) is 4.90 Å². The van der Waals surface area contributed by atoms with Gasteiger partial charge in [0.2, 0.25) is 11.8 Å². The molecule has 0 bridgehead atoms. The van der Waals surface area contributed by atoms with E-state index in [0.29, 0.717) is 23.9 Å². The van der Waals surface area contributed by atoms with E-state index in [-0.39, 0.29) is 18.7 Å². The van der Waals surface area contributed by atoms with Gasteiger partial charge in [-0.25, -0.2) is 8.78 Å². The highest BCUT2D eigenvalue weighted by Gasteiger charge is 2.33. The fourth-order valence-electron chi connectivity index (χ4n) is 4.28. The lowest BCUT2D eigenvalue weighted by Gasteiger charge is -2.35. The number of nitrogens with two attached hydrogens (primary N) is 1. The van der Waals surface area contributed by atoms with Crippen LogP contribution in [0.5, 0.6) is 0 Å². The molecule has 2 N–H and O–H groups in total. The molecule has 1 aromatic carbocycles. The smallest absolute Gasteiger partial charge is 0.223 e. The number of halogens is 2. The Morgan fingerprint density at radius 1 is 1.04 bits per heavy atom. The third-order valence-corrected chi connectivity index (χ3v) is 5.89. The minimum absolute atomic E-state index is 0.00955. The van der Waals surface area contributed by atoms with Gasteiger partial charge in [-0.3, -0.25) is 14.5 Å². The summed E-state index contributed by atoms with van der Waals surface area (Å²) in [5, 5.41) is 0. The first kappa shape index (κ1) is 19.7. The highest BCUT2D eigenvalue weighted by Crippen LogP contribution is 2.32. The zero-order valence-corrected chi connectivity index (χ0v) is 15.5. The first-order valence-corrected chi connectivity index (χ1v) is 9.65. The number of hydrogen-bond acceptors (Lipinski definition) is 3. The topological polar surface area (TPSA) is 66.6 Å². The zero-order valence-electron chi connectivity index (χ0n) is 15.5. The fourth-order valence-corrected chi connectivity index (χ4v) is 4.28. The Hall–Kier alpha value is -2.02. The Morgan fingerprint density at radius 2 is 1.74 bits per heavy atom. The number of rotatable bonds is 6. The van der Waals surface area contributed by atoms with Gasteiger partial charge < -0.3 is 10.6 Å². The van der Waals surface area contributed by atoms with Crippen molar-refractivity contribution >= 4 is 11.8 Å². The van der Waals surface area contributed by atoms with Gasteiger partial charge in [-0.2, -0.15) is 0 Å². The Labute approximate surface area is 158 Å². The van der Waals surface area contributed by atoms with Crippen LogP contribution in [0.4, 0.5) is 8.78 Å². The summed E-state index contributed by atoms with van der Waals surface area (Å²) in [6, 6.07) is 4.32. The molecule has 1 atom stereocenters. The lowest BCUT2D eigenvalue weighted by atomic mass is 9.83. The molecule has 148 valence electrons. The van der Waals surface area contributed by atoms with Crippen molar-refractivity contribution in [3.05, 3.63) is 35.4 Å². The zero-order chi connectivity index (χ0) is 19.4. The highest BCUT2D eigenvalue weighted by atomic mass is 19.2. The summed E-state index contributed by atoms with van der Waals surface area (Å²) >= 11 is 0. The van der Waals surface area contributed by atoms with Crippen molar-refractivity contribution in [3.63, 3.8) is 0 Å². The van der Waals surface area contributed by atoms with Crippen LogP contribution in [0.3, 0.4) is 0 Å². The molecule has 2 aliphatic heterocycles. The van der Waals surface area contributed by atoms with Crippen molar-refractivity contribution in [2.45, 2.75) is 38.6 Å². The van der Waals surface area contributed by atoms with Gasteiger partial charge in [-0.05, 0) is 50.3 Å². The quantitative estimate of drug-likeness (QED) is 0.825. The molecule has 27 heavy (non-hydrogen) atoms. The molecular weight excluding hydrogens is 352 g/mol. The molecule has 0 saturated carbocycles. The number of likely N-dealkylation sites (tertiary alicyclic amines) is 2. The summed E-state index contributed by atoms with van der Waals surface area (Å²) in [5.74, 6) is -0.949. The first-order valence-electron chi connectivity index (χ1n) is 9.65. The molecule has 1 unspecified atom stereocenters. The molecule has 2 fully saturated rings. The number of nitrogens with zero attached hydrogens (tertiary/aromatic N) is 2. The Kier molecular flexibility index (Phi) is 6.42. The number of benzene rings is 1. The van der Waals surface area contributed by atoms with Crippen molar-refractivity contribution in [2.24, 2.45) is 17.6 Å². The van der Waals surface area contributed by atoms with Crippen LogP contribution >= 0.6 is 0 Å². The van der Waals surface area contributed by atoms with Crippen LogP contribution < -0.4 is 5.73 Å². The summed E-state index contributed by atoms with van der Waals surface area (Å²) in [6.07, 6.45) is 3.30. The maximum atomic E-state index is 13.8. The van der Waals surface area contributed by atoms with E-state index in [0.717, 1.165) is 51.5 Å². The van der Waals surface area contributed by atoms with Crippen LogP contribution in [0.25, 0.3) is 0 Å². The molecule has 0 spiro atoms. The largest absolute Gasteiger partial charge is 0.370 e. The maximum Gasteiger partial charge on any atom is 0.223 e. The second-order valence-electron chi connectivity index (χ2n) is 7.68. The molecule has 7 heteroatoms. The predicted molar refractivity (Wildman–Crippen MR) is 97.5 cm³/mol. The lowest BCUT2D eigenvalue weighted by Crippen LogP contribution is -2.37. The van der Waals surface area contributed by atoms with Gasteiger partial charge >= 0.3 is 0 Å². The summed E-state index contributed by atoms with van der Waals surface area (Å²) in [5.41, 5.74) is 5.51. The molecule has 0 aromatic heterocycles. The van der Waals surface area contributed by atoms with Gasteiger partial charge in [0.05, 0.1) is 0 Å². The number of piperidine rings is 1. The molecule has 2 heterocycles. The van der Waals surface area contributed by atoms with Crippen LogP contribution in [-0.2, 0) is 16.1 Å². The average molecular weight is 379 g/mol. The number of primary amides is 1. The van der Waals surface area contributed by atoms with Crippen LogP contribution in [0.2, 0.25) is 0 Å². The van der Waals surface area contributed by atoms with Crippen molar-refractivity contribution in [1.29, 1.82) is 0 Å². The van der Waals surface area contributed by atoms with E-state index < -0.39 is 17.5 Å². The molecule has 0 radical (unpaired) electrons. The third kappa shape index (κ3) is 5.03. The lowest BCUT2D eigenvalue weighted by molar-refractivity contribution is -0.132. The molecule has 2 aliphatic rings. The van der Waals surface area contributed by atoms with Crippen molar-refractivity contribution in [1.82, 2.24) is 9.80 Å². The van der Waals surface area contributed by atoms with Crippen LogP contribution in [0.15, 0.2) is 18.2 Å². The molecule has 5 nitrogen and oxygen atoms in total. The third-order valence-electron chi connectivity index (χ3n) is 5.89. The molecule has 3 rings (SSSR count). The predicted octanol–water partition coefficient (Wildman–Crippen LogP) is 2.29. The number of amides is 2. The van der Waals surface area contributed by atoms with Crippen molar-refractivity contribution < 1.29 is 18.4 Å². The standard InChI is InChI=1S/C20H27F2N3O2/c21-17-3-1-2-16(20(17)22)12-24-9-6-14(7-10-24)15-8-11-25(13-15)19(27)5-4-18(23)26/h1-3,14-15H,4-13H2,(H2,23,26). The van der Waals surface area contributed by atoms with Gasteiger partial charge in [-0.15, -0.1) is 0 Å². The summed E-state index contributed by atoms with van der Waals surface area (Å²) in [7, 11) is 0. The van der Waals surface area contributed by atoms with Crippen molar-refractivity contribution in [2.75, 3.05) is 26.2 Å².